The van der Waals surface area contributed by atoms with Gasteiger partial charge in [0, 0.05) is 18.1 Å². The van der Waals surface area contributed by atoms with Gasteiger partial charge in [-0.15, -0.1) is 0 Å². The van der Waals surface area contributed by atoms with E-state index in [1.807, 2.05) is 57.2 Å². The number of ether oxygens (including phenoxy) is 1. The molecule has 1 N–H and O–H groups in total. The summed E-state index contributed by atoms with van der Waals surface area (Å²) < 4.78 is 5.80. The first kappa shape index (κ1) is 24.7. The second-order valence-electron chi connectivity index (χ2n) is 7.79. The van der Waals surface area contributed by atoms with Gasteiger partial charge in [0.25, 0.3) is 5.91 Å². The van der Waals surface area contributed by atoms with Crippen molar-refractivity contribution in [1.82, 2.24) is 10.2 Å². The van der Waals surface area contributed by atoms with Crippen LogP contribution in [0.2, 0.25) is 5.02 Å². The standard InChI is InChI=1S/C25H33ClN2O3/c1-5-7-12-27-25(30)23(6-2)28(16-20-10-8-9-11-22(20)26)24(29)17-31-21-14-18(3)13-19(4)15-21/h8-11,13-15,23H,5-7,12,16-17H2,1-4H3,(H,27,30)/t23-/m0/s1. The number of carbonyl (C=O) groups is 2. The van der Waals surface area contributed by atoms with Crippen LogP contribution in [0.4, 0.5) is 0 Å². The summed E-state index contributed by atoms with van der Waals surface area (Å²) in [6, 6.07) is 12.6. The van der Waals surface area contributed by atoms with Gasteiger partial charge in [-0.25, -0.2) is 0 Å². The van der Waals surface area contributed by atoms with Crippen LogP contribution < -0.4 is 10.1 Å². The number of aryl methyl sites for hydroxylation is 2. The van der Waals surface area contributed by atoms with E-state index in [-0.39, 0.29) is 25.0 Å². The number of amides is 2. The molecule has 5 nitrogen and oxygen atoms in total. The van der Waals surface area contributed by atoms with Crippen LogP contribution in [-0.4, -0.2) is 35.9 Å². The molecule has 0 fully saturated rings. The van der Waals surface area contributed by atoms with Crippen LogP contribution in [0.5, 0.6) is 5.75 Å². The van der Waals surface area contributed by atoms with Gasteiger partial charge in [0.2, 0.25) is 5.91 Å². The lowest BCUT2D eigenvalue weighted by atomic mass is 10.1. The van der Waals surface area contributed by atoms with Crippen LogP contribution in [0.1, 0.15) is 49.8 Å². The van der Waals surface area contributed by atoms with Crippen molar-refractivity contribution in [3.8, 4) is 5.75 Å². The van der Waals surface area contributed by atoms with Gasteiger partial charge >= 0.3 is 0 Å². The lowest BCUT2D eigenvalue weighted by molar-refractivity contribution is -0.143. The SMILES string of the molecule is CCCCNC(=O)[C@H](CC)N(Cc1ccccc1Cl)C(=O)COc1cc(C)cc(C)c1. The molecule has 0 saturated heterocycles. The van der Waals surface area contributed by atoms with Gasteiger partial charge in [0.1, 0.15) is 11.8 Å². The number of nitrogens with one attached hydrogen (secondary N) is 1. The number of benzene rings is 2. The van der Waals surface area contributed by atoms with Crippen LogP contribution in [-0.2, 0) is 16.1 Å². The molecule has 0 heterocycles. The van der Waals surface area contributed by atoms with Gasteiger partial charge in [-0.1, -0.05) is 56.1 Å². The fourth-order valence-corrected chi connectivity index (χ4v) is 3.68. The van der Waals surface area contributed by atoms with E-state index in [9.17, 15) is 9.59 Å². The fourth-order valence-electron chi connectivity index (χ4n) is 3.48. The van der Waals surface area contributed by atoms with Crippen molar-refractivity contribution >= 4 is 23.4 Å². The van der Waals surface area contributed by atoms with Crippen molar-refractivity contribution in [3.05, 3.63) is 64.2 Å². The van der Waals surface area contributed by atoms with E-state index < -0.39 is 6.04 Å². The molecule has 0 aromatic heterocycles. The van der Waals surface area contributed by atoms with Crippen molar-refractivity contribution in [3.63, 3.8) is 0 Å². The summed E-state index contributed by atoms with van der Waals surface area (Å²) in [6.45, 7) is 8.64. The first-order valence-electron chi connectivity index (χ1n) is 10.9. The predicted molar refractivity (Wildman–Crippen MR) is 125 cm³/mol. The van der Waals surface area contributed by atoms with E-state index in [1.54, 1.807) is 11.0 Å². The molecule has 6 heteroatoms. The molecule has 168 valence electrons. The smallest absolute Gasteiger partial charge is 0.261 e. The maximum atomic E-state index is 13.2. The Balaban J connectivity index is 2.21. The van der Waals surface area contributed by atoms with Gasteiger partial charge in [-0.2, -0.15) is 0 Å². The van der Waals surface area contributed by atoms with Crippen molar-refractivity contribution < 1.29 is 14.3 Å². The van der Waals surface area contributed by atoms with Crippen LogP contribution in [0.3, 0.4) is 0 Å². The lowest BCUT2D eigenvalue weighted by Crippen LogP contribution is -2.50. The third-order valence-electron chi connectivity index (χ3n) is 5.07. The molecule has 0 aliphatic heterocycles. The minimum atomic E-state index is -0.594. The second-order valence-corrected chi connectivity index (χ2v) is 8.20. The lowest BCUT2D eigenvalue weighted by Gasteiger charge is -2.31. The van der Waals surface area contributed by atoms with Crippen molar-refractivity contribution in [2.45, 2.75) is 59.5 Å². The van der Waals surface area contributed by atoms with Crippen molar-refractivity contribution in [2.75, 3.05) is 13.2 Å². The Bertz CT molecular complexity index is 865. The zero-order valence-corrected chi connectivity index (χ0v) is 19.7. The molecule has 1 atom stereocenters. The number of carbonyl (C=O) groups excluding carboxylic acids is 2. The number of unbranched alkanes of at least 4 members (excludes halogenated alkanes) is 1. The maximum absolute atomic E-state index is 13.2. The second kappa shape index (κ2) is 12.4. The number of hydrogen-bond acceptors (Lipinski definition) is 3. The zero-order chi connectivity index (χ0) is 22.8. The van der Waals surface area contributed by atoms with E-state index >= 15 is 0 Å². The normalized spacial score (nSPS) is 11.6. The summed E-state index contributed by atoms with van der Waals surface area (Å²) >= 11 is 6.34. The van der Waals surface area contributed by atoms with E-state index in [4.69, 9.17) is 16.3 Å². The Morgan fingerprint density at radius 3 is 2.39 bits per heavy atom. The van der Waals surface area contributed by atoms with E-state index in [0.29, 0.717) is 23.7 Å². The molecule has 31 heavy (non-hydrogen) atoms. The molecular weight excluding hydrogens is 412 g/mol. The Morgan fingerprint density at radius 1 is 1.10 bits per heavy atom. The molecule has 2 aromatic rings. The minimum absolute atomic E-state index is 0.147. The highest BCUT2D eigenvalue weighted by atomic mass is 35.5. The molecule has 0 saturated carbocycles. The third kappa shape index (κ3) is 7.59. The first-order valence-corrected chi connectivity index (χ1v) is 11.2. The molecule has 0 aliphatic carbocycles. The molecular formula is C25H33ClN2O3. The Hall–Kier alpha value is -2.53. The topological polar surface area (TPSA) is 58.6 Å². The van der Waals surface area contributed by atoms with E-state index in [2.05, 4.69) is 12.2 Å². The average Bonchev–Trinajstić information content (AvgIpc) is 2.72. The summed E-state index contributed by atoms with van der Waals surface area (Å²) in [4.78, 5) is 27.6. The van der Waals surface area contributed by atoms with Crippen molar-refractivity contribution in [2.24, 2.45) is 0 Å². The highest BCUT2D eigenvalue weighted by Gasteiger charge is 2.29. The monoisotopic (exact) mass is 444 g/mol. The Morgan fingerprint density at radius 2 is 1.77 bits per heavy atom. The fraction of sp³-hybridized carbons (Fsp3) is 0.440. The highest BCUT2D eigenvalue weighted by molar-refractivity contribution is 6.31. The molecule has 0 spiro atoms. The quantitative estimate of drug-likeness (QED) is 0.493. The summed E-state index contributed by atoms with van der Waals surface area (Å²) in [5.41, 5.74) is 2.93. The molecule has 2 rings (SSSR count). The number of halogens is 1. The summed E-state index contributed by atoms with van der Waals surface area (Å²) in [5.74, 6) is 0.239. The average molecular weight is 445 g/mol. The molecule has 2 aromatic carbocycles. The maximum Gasteiger partial charge on any atom is 0.261 e. The van der Waals surface area contributed by atoms with Gasteiger partial charge < -0.3 is 15.0 Å². The molecule has 0 bridgehead atoms. The summed E-state index contributed by atoms with van der Waals surface area (Å²) in [6.07, 6.45) is 2.39. The third-order valence-corrected chi connectivity index (χ3v) is 5.44. The van der Waals surface area contributed by atoms with E-state index in [1.165, 1.54) is 0 Å². The largest absolute Gasteiger partial charge is 0.484 e. The number of nitrogens with zero attached hydrogens (tertiary/aromatic N) is 1. The molecule has 0 radical (unpaired) electrons. The highest BCUT2D eigenvalue weighted by Crippen LogP contribution is 2.21. The first-order chi connectivity index (χ1) is 14.8. The summed E-state index contributed by atoms with van der Waals surface area (Å²) in [7, 11) is 0. The molecule has 0 aliphatic rings. The van der Waals surface area contributed by atoms with Crippen LogP contribution in [0.15, 0.2) is 42.5 Å². The van der Waals surface area contributed by atoms with Gasteiger partial charge in [-0.3, -0.25) is 9.59 Å². The number of hydrogen-bond donors (Lipinski definition) is 1. The predicted octanol–water partition coefficient (Wildman–Crippen LogP) is 5.06. The Labute approximate surface area is 190 Å². The van der Waals surface area contributed by atoms with Crippen molar-refractivity contribution in [1.29, 1.82) is 0 Å². The minimum Gasteiger partial charge on any atom is -0.484 e. The van der Waals surface area contributed by atoms with Crippen LogP contribution in [0.25, 0.3) is 0 Å². The van der Waals surface area contributed by atoms with Crippen LogP contribution >= 0.6 is 11.6 Å². The molecule has 2 amide bonds. The Kier molecular flexibility index (Phi) is 9.86. The molecule has 0 unspecified atom stereocenters. The van der Waals surface area contributed by atoms with Crippen LogP contribution in [0, 0.1) is 13.8 Å². The van der Waals surface area contributed by atoms with Gasteiger partial charge in [0.05, 0.1) is 0 Å². The van der Waals surface area contributed by atoms with E-state index in [0.717, 1.165) is 29.5 Å². The summed E-state index contributed by atoms with van der Waals surface area (Å²) in [5, 5.41) is 3.52. The number of rotatable bonds is 11. The van der Waals surface area contributed by atoms with Gasteiger partial charge in [0.15, 0.2) is 6.61 Å². The zero-order valence-electron chi connectivity index (χ0n) is 18.9. The van der Waals surface area contributed by atoms with Gasteiger partial charge in [-0.05, 0) is 61.6 Å².